The maximum absolute atomic E-state index is 6.52. The Kier molecular flexibility index (Phi) is 6.62. The lowest BCUT2D eigenvalue weighted by Gasteiger charge is -2.20. The van der Waals surface area contributed by atoms with E-state index in [4.69, 9.17) is 4.42 Å². The number of benzene rings is 10. The number of rotatable bonds is 4. The smallest absolute Gasteiger partial charge is 0.143 e. The van der Waals surface area contributed by atoms with Gasteiger partial charge in [0.05, 0.1) is 0 Å². The largest absolute Gasteiger partial charge is 0.455 e. The summed E-state index contributed by atoms with van der Waals surface area (Å²) in [6.45, 7) is 0. The molecule has 0 saturated heterocycles. The molecule has 0 unspecified atom stereocenters. The number of hydrogen-bond donors (Lipinski definition) is 0. The first-order valence-corrected chi connectivity index (χ1v) is 18.3. The molecule has 0 bridgehead atoms. The average Bonchev–Trinajstić information content (AvgIpc) is 3.61. The summed E-state index contributed by atoms with van der Waals surface area (Å²) in [5, 5.41) is 12.2. The van der Waals surface area contributed by atoms with E-state index in [1.165, 1.54) is 76.5 Å². The topological polar surface area (TPSA) is 13.1 Å². The normalized spacial score (nSPS) is 11.8. The Morgan fingerprint density at radius 3 is 1.68 bits per heavy atom. The molecule has 0 N–H and O–H groups in total. The van der Waals surface area contributed by atoms with Gasteiger partial charge in [0.15, 0.2) is 0 Å². The lowest BCUT2D eigenvalue weighted by molar-refractivity contribution is 0.670. The van der Waals surface area contributed by atoms with Crippen molar-refractivity contribution in [3.05, 3.63) is 194 Å². The molecule has 11 rings (SSSR count). The van der Waals surface area contributed by atoms with Crippen LogP contribution >= 0.6 is 0 Å². The summed E-state index contributed by atoms with van der Waals surface area (Å²) in [5.74, 6) is 0. The second kappa shape index (κ2) is 11.8. The molecule has 246 valence electrons. The van der Waals surface area contributed by atoms with Crippen LogP contribution in [0.25, 0.3) is 110 Å². The van der Waals surface area contributed by atoms with Gasteiger partial charge in [-0.15, -0.1) is 0 Å². The first-order chi connectivity index (χ1) is 26.3. The molecule has 1 nitrogen and oxygen atoms in total. The number of furan rings is 1. The first-order valence-electron chi connectivity index (χ1n) is 18.3. The van der Waals surface area contributed by atoms with Crippen molar-refractivity contribution in [1.29, 1.82) is 0 Å². The zero-order chi connectivity index (χ0) is 34.9. The quantitative estimate of drug-likeness (QED) is 0.170. The molecule has 53 heavy (non-hydrogen) atoms. The van der Waals surface area contributed by atoms with E-state index < -0.39 is 0 Å². The molecule has 0 aliphatic heterocycles. The maximum Gasteiger partial charge on any atom is 0.143 e. The van der Waals surface area contributed by atoms with Gasteiger partial charge in [-0.1, -0.05) is 170 Å². The maximum atomic E-state index is 6.52. The van der Waals surface area contributed by atoms with Gasteiger partial charge in [0, 0.05) is 16.3 Å². The summed E-state index contributed by atoms with van der Waals surface area (Å²) < 4.78 is 6.52. The Balaban J connectivity index is 1.22. The third-order valence-corrected chi connectivity index (χ3v) is 11.0. The Morgan fingerprint density at radius 1 is 0.264 bits per heavy atom. The van der Waals surface area contributed by atoms with Crippen molar-refractivity contribution in [2.24, 2.45) is 0 Å². The molecule has 0 amide bonds. The van der Waals surface area contributed by atoms with Crippen LogP contribution in [0.5, 0.6) is 0 Å². The number of para-hydroxylation sites is 2. The molecule has 1 heterocycles. The molecule has 0 radical (unpaired) electrons. The monoisotopic (exact) mass is 672 g/mol. The van der Waals surface area contributed by atoms with Gasteiger partial charge in [-0.2, -0.15) is 0 Å². The molecule has 0 spiro atoms. The molecule has 10 aromatic carbocycles. The van der Waals surface area contributed by atoms with Crippen molar-refractivity contribution < 1.29 is 4.42 Å². The minimum absolute atomic E-state index is 0.910. The lowest BCUT2D eigenvalue weighted by Crippen LogP contribution is -1.92. The van der Waals surface area contributed by atoms with Crippen LogP contribution in [0, 0.1) is 0 Å². The highest BCUT2D eigenvalue weighted by molar-refractivity contribution is 6.23. The Hall–Kier alpha value is -6.96. The predicted molar refractivity (Wildman–Crippen MR) is 225 cm³/mol. The molecule has 0 aliphatic rings. The second-order valence-electron chi connectivity index (χ2n) is 14.0. The van der Waals surface area contributed by atoms with E-state index in [1.807, 2.05) is 6.07 Å². The molecule has 0 aliphatic carbocycles. The molecule has 0 atom stereocenters. The highest BCUT2D eigenvalue weighted by Gasteiger charge is 2.19. The van der Waals surface area contributed by atoms with Crippen molar-refractivity contribution in [3.8, 4) is 44.5 Å². The van der Waals surface area contributed by atoms with Crippen molar-refractivity contribution >= 4 is 65.0 Å². The second-order valence-corrected chi connectivity index (χ2v) is 14.0. The molecule has 0 saturated carbocycles. The summed E-state index contributed by atoms with van der Waals surface area (Å²) in [4.78, 5) is 0. The SMILES string of the molecule is c1cc(-c2c3ccccc3c(-c3ccc4ccccc4c3)c3ccc(-c4cccc5ccccc45)cc23)cc(-c2cccc3c2oc2ccccc23)c1. The fourth-order valence-electron chi connectivity index (χ4n) is 8.61. The lowest BCUT2D eigenvalue weighted by atomic mass is 9.83. The van der Waals surface area contributed by atoms with Crippen LogP contribution < -0.4 is 0 Å². The van der Waals surface area contributed by atoms with E-state index in [0.29, 0.717) is 0 Å². The summed E-state index contributed by atoms with van der Waals surface area (Å²) in [5.41, 5.74) is 11.4. The van der Waals surface area contributed by atoms with Crippen LogP contribution in [-0.2, 0) is 0 Å². The van der Waals surface area contributed by atoms with Gasteiger partial charge in [-0.05, 0) is 106 Å². The van der Waals surface area contributed by atoms with Gasteiger partial charge >= 0.3 is 0 Å². The van der Waals surface area contributed by atoms with Crippen LogP contribution in [0.15, 0.2) is 199 Å². The van der Waals surface area contributed by atoms with Gasteiger partial charge in [0.25, 0.3) is 0 Å². The molecular formula is C52H32O. The zero-order valence-corrected chi connectivity index (χ0v) is 28.9. The van der Waals surface area contributed by atoms with Gasteiger partial charge < -0.3 is 4.42 Å². The van der Waals surface area contributed by atoms with Crippen LogP contribution in [0.2, 0.25) is 0 Å². The Bertz CT molecular complexity index is 3230. The fourth-order valence-corrected chi connectivity index (χ4v) is 8.61. The van der Waals surface area contributed by atoms with Crippen LogP contribution in [0.4, 0.5) is 0 Å². The molecule has 1 heteroatoms. The van der Waals surface area contributed by atoms with E-state index in [2.05, 4.69) is 188 Å². The fraction of sp³-hybridized carbons (Fsp3) is 0. The third-order valence-electron chi connectivity index (χ3n) is 11.0. The Labute approximate surface area is 307 Å². The summed E-state index contributed by atoms with van der Waals surface area (Å²) in [6.07, 6.45) is 0. The van der Waals surface area contributed by atoms with Crippen molar-refractivity contribution in [3.63, 3.8) is 0 Å². The standard InChI is InChI=1S/C52H32O/c1-2-14-35-30-39(27-26-33(35)12-1)50-44-20-5-6-21-45(44)51(48-32-37(28-29-46(48)50)41-22-10-15-34-13-3-4-18-40(34)41)38-17-9-16-36(31-38)42-23-11-24-47-43-19-7-8-25-49(43)53-52(42)47/h1-32H. The summed E-state index contributed by atoms with van der Waals surface area (Å²) >= 11 is 0. The van der Waals surface area contributed by atoms with Crippen molar-refractivity contribution in [2.45, 2.75) is 0 Å². The van der Waals surface area contributed by atoms with Crippen LogP contribution in [0.3, 0.4) is 0 Å². The summed E-state index contributed by atoms with van der Waals surface area (Å²) in [6, 6.07) is 70.7. The number of fused-ring (bicyclic) bond motifs is 7. The highest BCUT2D eigenvalue weighted by atomic mass is 16.3. The minimum atomic E-state index is 0.910. The molecular weight excluding hydrogens is 641 g/mol. The average molecular weight is 673 g/mol. The Morgan fingerprint density at radius 2 is 0.811 bits per heavy atom. The van der Waals surface area contributed by atoms with Crippen molar-refractivity contribution in [1.82, 2.24) is 0 Å². The van der Waals surface area contributed by atoms with E-state index in [0.717, 1.165) is 33.1 Å². The molecule has 1 aromatic heterocycles. The molecule has 11 aromatic rings. The zero-order valence-electron chi connectivity index (χ0n) is 28.9. The predicted octanol–water partition coefficient (Wildman–Crippen LogP) is 14.9. The molecule has 0 fully saturated rings. The van der Waals surface area contributed by atoms with Gasteiger partial charge in [-0.25, -0.2) is 0 Å². The highest BCUT2D eigenvalue weighted by Crippen LogP contribution is 2.47. The van der Waals surface area contributed by atoms with Gasteiger partial charge in [-0.3, -0.25) is 0 Å². The third kappa shape index (κ3) is 4.71. The van der Waals surface area contributed by atoms with Gasteiger partial charge in [0.1, 0.15) is 11.2 Å². The van der Waals surface area contributed by atoms with Crippen molar-refractivity contribution in [2.75, 3.05) is 0 Å². The van der Waals surface area contributed by atoms with Crippen LogP contribution in [0.1, 0.15) is 0 Å². The summed E-state index contributed by atoms with van der Waals surface area (Å²) in [7, 11) is 0. The first kappa shape index (κ1) is 29.7. The van der Waals surface area contributed by atoms with E-state index >= 15 is 0 Å². The van der Waals surface area contributed by atoms with Crippen LogP contribution in [-0.4, -0.2) is 0 Å². The number of hydrogen-bond acceptors (Lipinski definition) is 1. The van der Waals surface area contributed by atoms with E-state index in [-0.39, 0.29) is 0 Å². The van der Waals surface area contributed by atoms with E-state index in [1.54, 1.807) is 0 Å². The van der Waals surface area contributed by atoms with E-state index in [9.17, 15) is 0 Å². The minimum Gasteiger partial charge on any atom is -0.455 e. The van der Waals surface area contributed by atoms with Gasteiger partial charge in [0.2, 0.25) is 0 Å².